The minimum atomic E-state index is -1.07. The molecule has 0 aliphatic carbocycles. The molecule has 0 radical (unpaired) electrons. The van der Waals surface area contributed by atoms with Crippen molar-refractivity contribution < 1.29 is 28.7 Å². The summed E-state index contributed by atoms with van der Waals surface area (Å²) in [5.41, 5.74) is 0.452. The summed E-state index contributed by atoms with van der Waals surface area (Å²) < 4.78 is 15.9. The number of hydrogen-bond acceptors (Lipinski definition) is 7. The van der Waals surface area contributed by atoms with Crippen LogP contribution in [-0.2, 0) is 22.6 Å². The monoisotopic (exact) mass is 375 g/mol. The van der Waals surface area contributed by atoms with Crippen LogP contribution >= 0.6 is 0 Å². The number of aryl methyl sites for hydroxylation is 1. The van der Waals surface area contributed by atoms with Crippen LogP contribution in [0, 0.1) is 0 Å². The average molecular weight is 375 g/mol. The van der Waals surface area contributed by atoms with Gasteiger partial charge in [0.05, 0.1) is 12.6 Å². The summed E-state index contributed by atoms with van der Waals surface area (Å²) in [5, 5.41) is 12.9. The number of carbonyl (C=O) groups is 2. The second-order valence-electron chi connectivity index (χ2n) is 6.25. The quantitative estimate of drug-likeness (QED) is 0.808. The zero-order chi connectivity index (χ0) is 19.4. The van der Waals surface area contributed by atoms with Crippen LogP contribution in [0.15, 0.2) is 28.8 Å². The second-order valence-corrected chi connectivity index (χ2v) is 6.25. The first-order chi connectivity index (χ1) is 13.0. The van der Waals surface area contributed by atoms with Gasteiger partial charge in [0.15, 0.2) is 12.7 Å². The molecule has 9 heteroatoms. The molecule has 1 N–H and O–H groups in total. The van der Waals surface area contributed by atoms with Gasteiger partial charge in [-0.2, -0.15) is 4.98 Å². The lowest BCUT2D eigenvalue weighted by Crippen LogP contribution is -2.51. The molecule has 0 saturated carbocycles. The van der Waals surface area contributed by atoms with Crippen molar-refractivity contribution in [2.45, 2.75) is 39.1 Å². The third-order valence-corrected chi connectivity index (χ3v) is 4.10. The van der Waals surface area contributed by atoms with Gasteiger partial charge in [-0.05, 0) is 31.2 Å². The Balaban J connectivity index is 1.60. The van der Waals surface area contributed by atoms with Gasteiger partial charge >= 0.3 is 5.97 Å². The van der Waals surface area contributed by atoms with Gasteiger partial charge in [-0.15, -0.1) is 0 Å². The van der Waals surface area contributed by atoms with Gasteiger partial charge < -0.3 is 24.0 Å². The number of morpholine rings is 1. The van der Waals surface area contributed by atoms with Crippen molar-refractivity contribution >= 4 is 11.9 Å². The van der Waals surface area contributed by atoms with E-state index in [2.05, 4.69) is 10.1 Å². The predicted octanol–water partition coefficient (Wildman–Crippen LogP) is 1.53. The van der Waals surface area contributed by atoms with E-state index in [0.717, 1.165) is 0 Å². The van der Waals surface area contributed by atoms with E-state index in [1.54, 1.807) is 31.2 Å². The Labute approximate surface area is 155 Å². The number of aromatic nitrogens is 2. The number of rotatable bonds is 6. The highest BCUT2D eigenvalue weighted by molar-refractivity contribution is 5.94. The van der Waals surface area contributed by atoms with Crippen molar-refractivity contribution in [3.05, 3.63) is 41.5 Å². The van der Waals surface area contributed by atoms with Crippen molar-refractivity contribution in [1.29, 1.82) is 0 Å². The van der Waals surface area contributed by atoms with E-state index in [4.69, 9.17) is 19.1 Å². The van der Waals surface area contributed by atoms with Crippen molar-refractivity contribution in [2.24, 2.45) is 0 Å². The van der Waals surface area contributed by atoms with Crippen LogP contribution in [0.3, 0.4) is 0 Å². The van der Waals surface area contributed by atoms with Gasteiger partial charge in [0.2, 0.25) is 11.7 Å². The molecule has 1 saturated heterocycles. The largest absolute Gasteiger partial charge is 0.485 e. The first-order valence-corrected chi connectivity index (χ1v) is 8.68. The Kier molecular flexibility index (Phi) is 5.70. The summed E-state index contributed by atoms with van der Waals surface area (Å²) in [7, 11) is 0. The lowest BCUT2D eigenvalue weighted by atomic mass is 10.1. The molecular formula is C18H21N3O6. The Morgan fingerprint density at radius 3 is 2.67 bits per heavy atom. The smallest absolute Gasteiger partial charge is 0.334 e. The molecule has 2 atom stereocenters. The predicted molar refractivity (Wildman–Crippen MR) is 92.3 cm³/mol. The molecule has 1 unspecified atom stereocenters. The summed E-state index contributed by atoms with van der Waals surface area (Å²) in [6, 6.07) is 6.63. The molecular weight excluding hydrogens is 354 g/mol. The summed E-state index contributed by atoms with van der Waals surface area (Å²) >= 11 is 0. The van der Waals surface area contributed by atoms with Gasteiger partial charge in [0, 0.05) is 18.5 Å². The minimum absolute atomic E-state index is 0.0222. The summed E-state index contributed by atoms with van der Waals surface area (Å²) in [4.78, 5) is 29.5. The van der Waals surface area contributed by atoms with Gasteiger partial charge in [0.1, 0.15) is 5.75 Å². The number of amides is 1. The maximum absolute atomic E-state index is 12.6. The molecule has 3 rings (SSSR count). The van der Waals surface area contributed by atoms with Gasteiger partial charge in [0.25, 0.3) is 5.91 Å². The van der Waals surface area contributed by atoms with Crippen molar-refractivity contribution in [1.82, 2.24) is 15.0 Å². The number of carbonyl (C=O) groups excluding carboxylic acids is 1. The number of nitrogens with zero attached hydrogens (tertiary/aromatic N) is 3. The molecule has 0 bridgehead atoms. The fraction of sp³-hybridized carbons (Fsp3) is 0.444. The maximum atomic E-state index is 12.6. The Morgan fingerprint density at radius 1 is 1.30 bits per heavy atom. The Hall–Kier alpha value is -2.94. The average Bonchev–Trinajstić information content (AvgIpc) is 3.14. The standard InChI is InChI=1S/C18H21N3O6/c1-3-16-19-15(20-27-16)10-25-13-6-4-12(5-7-13)17(22)21-8-11(2)26-14(9-21)18(23)24/h4-7,11,14H,3,8-10H2,1-2H3,(H,23,24)/t11-,14?/m1/s1. The summed E-state index contributed by atoms with van der Waals surface area (Å²) in [6.07, 6.45) is -0.690. The van der Waals surface area contributed by atoms with E-state index in [0.29, 0.717) is 36.0 Å². The summed E-state index contributed by atoms with van der Waals surface area (Å²) in [5.74, 6) is 0.251. The molecule has 1 aliphatic rings. The topological polar surface area (TPSA) is 115 Å². The van der Waals surface area contributed by atoms with Crippen LogP contribution in [0.5, 0.6) is 5.75 Å². The molecule has 1 aromatic heterocycles. The molecule has 1 aromatic carbocycles. The second kappa shape index (κ2) is 8.17. The molecule has 9 nitrogen and oxygen atoms in total. The van der Waals surface area contributed by atoms with Gasteiger partial charge in [-0.1, -0.05) is 12.1 Å². The van der Waals surface area contributed by atoms with E-state index in [1.165, 1.54) is 4.90 Å². The first-order valence-electron chi connectivity index (χ1n) is 8.68. The molecule has 1 aliphatic heterocycles. The molecule has 1 fully saturated rings. The SMILES string of the molecule is CCc1nc(COc2ccc(C(=O)N3CC(C(=O)O)O[C@H](C)C3)cc2)no1. The highest BCUT2D eigenvalue weighted by Crippen LogP contribution is 2.18. The fourth-order valence-corrected chi connectivity index (χ4v) is 2.77. The Morgan fingerprint density at radius 2 is 2.04 bits per heavy atom. The van der Waals surface area contributed by atoms with Crippen LogP contribution in [0.4, 0.5) is 0 Å². The van der Waals surface area contributed by atoms with Crippen LogP contribution in [-0.4, -0.2) is 57.3 Å². The lowest BCUT2D eigenvalue weighted by Gasteiger charge is -2.35. The first kappa shape index (κ1) is 18.8. The van der Waals surface area contributed by atoms with E-state index in [-0.39, 0.29) is 25.2 Å². The number of carboxylic acids is 1. The van der Waals surface area contributed by atoms with E-state index in [9.17, 15) is 9.59 Å². The molecule has 2 heterocycles. The number of aliphatic carboxylic acids is 1. The van der Waals surface area contributed by atoms with Crippen molar-refractivity contribution in [2.75, 3.05) is 13.1 Å². The maximum Gasteiger partial charge on any atom is 0.334 e. The molecule has 0 spiro atoms. The number of ether oxygens (including phenoxy) is 2. The molecule has 27 heavy (non-hydrogen) atoms. The molecule has 1 amide bonds. The van der Waals surface area contributed by atoms with E-state index in [1.807, 2.05) is 6.92 Å². The molecule has 144 valence electrons. The zero-order valence-electron chi connectivity index (χ0n) is 15.1. The van der Waals surface area contributed by atoms with Crippen molar-refractivity contribution in [3.8, 4) is 5.75 Å². The van der Waals surface area contributed by atoms with Gasteiger partial charge in [-0.3, -0.25) is 4.79 Å². The molecule has 2 aromatic rings. The lowest BCUT2D eigenvalue weighted by molar-refractivity contribution is -0.160. The highest BCUT2D eigenvalue weighted by Gasteiger charge is 2.32. The normalized spacial score (nSPS) is 19.7. The fourth-order valence-electron chi connectivity index (χ4n) is 2.77. The number of hydrogen-bond donors (Lipinski definition) is 1. The highest BCUT2D eigenvalue weighted by atomic mass is 16.5. The van der Waals surface area contributed by atoms with Crippen LogP contribution in [0.25, 0.3) is 0 Å². The zero-order valence-corrected chi connectivity index (χ0v) is 15.1. The van der Waals surface area contributed by atoms with E-state index < -0.39 is 12.1 Å². The van der Waals surface area contributed by atoms with Crippen LogP contribution < -0.4 is 4.74 Å². The Bertz CT molecular complexity index is 804. The summed E-state index contributed by atoms with van der Waals surface area (Å²) in [6.45, 7) is 4.20. The third-order valence-electron chi connectivity index (χ3n) is 4.10. The number of carboxylic acid groups (broad SMARTS) is 1. The van der Waals surface area contributed by atoms with Crippen LogP contribution in [0.1, 0.15) is 35.9 Å². The van der Waals surface area contributed by atoms with Gasteiger partial charge in [-0.25, -0.2) is 4.79 Å². The third kappa shape index (κ3) is 4.62. The van der Waals surface area contributed by atoms with Crippen molar-refractivity contribution in [3.63, 3.8) is 0 Å². The minimum Gasteiger partial charge on any atom is -0.485 e. The number of benzene rings is 1. The van der Waals surface area contributed by atoms with Crippen LogP contribution in [0.2, 0.25) is 0 Å². The van der Waals surface area contributed by atoms with E-state index >= 15 is 0 Å².